The molecule has 0 saturated carbocycles. The van der Waals surface area contributed by atoms with Crippen molar-refractivity contribution in [1.29, 1.82) is 0 Å². The van der Waals surface area contributed by atoms with Crippen molar-refractivity contribution in [3.63, 3.8) is 0 Å². The molecule has 0 aromatic heterocycles. The maximum absolute atomic E-state index is 14.7. The molecular weight excluding hydrogens is 647 g/mol. The van der Waals surface area contributed by atoms with Gasteiger partial charge in [-0.15, -0.1) is 0 Å². The molecule has 250 valence electrons. The van der Waals surface area contributed by atoms with Crippen LogP contribution in [-0.4, -0.2) is 21.4 Å². The standard InChI is InChI=1S/C41H35N3O5S/c1-29-13-19-33(20-14-29)44-40(31-15-21-36(22-16-31)49-35-11-7-4-8-12-35)43(28-30-9-5-3-6-10-30)39-26-25-37(27-38(39)41(44)45)50(46,47)42-32-17-23-34(48-2)24-18-32/h3-27,40,42H,28H2,1-2H3/t40-/m1/s1. The first-order valence-electron chi connectivity index (χ1n) is 16.1. The second kappa shape index (κ2) is 13.8. The van der Waals surface area contributed by atoms with Gasteiger partial charge in [-0.25, -0.2) is 8.42 Å². The fourth-order valence-electron chi connectivity index (χ4n) is 6.07. The van der Waals surface area contributed by atoms with Gasteiger partial charge in [-0.1, -0.05) is 78.4 Å². The van der Waals surface area contributed by atoms with Crippen LogP contribution < -0.4 is 24.0 Å². The summed E-state index contributed by atoms with van der Waals surface area (Å²) in [5, 5.41) is 0. The quantitative estimate of drug-likeness (QED) is 0.155. The molecule has 0 spiro atoms. The Balaban J connectivity index is 1.33. The number of para-hydroxylation sites is 1. The highest BCUT2D eigenvalue weighted by Gasteiger charge is 2.40. The van der Waals surface area contributed by atoms with Crippen LogP contribution in [0.15, 0.2) is 157 Å². The van der Waals surface area contributed by atoms with E-state index >= 15 is 0 Å². The molecule has 1 aliphatic rings. The lowest BCUT2D eigenvalue weighted by Gasteiger charge is -2.46. The monoisotopic (exact) mass is 681 g/mol. The lowest BCUT2D eigenvalue weighted by Crippen LogP contribution is -2.49. The number of nitrogens with zero attached hydrogens (tertiary/aromatic N) is 2. The first-order valence-corrected chi connectivity index (χ1v) is 17.6. The van der Waals surface area contributed by atoms with Crippen molar-refractivity contribution in [3.8, 4) is 17.2 Å². The van der Waals surface area contributed by atoms with Gasteiger partial charge in [0.1, 0.15) is 23.4 Å². The Morgan fingerprint density at radius 2 is 1.32 bits per heavy atom. The largest absolute Gasteiger partial charge is 0.497 e. The Labute approximate surface area is 292 Å². The number of aryl methyl sites for hydroxylation is 1. The van der Waals surface area contributed by atoms with Crippen LogP contribution in [0.3, 0.4) is 0 Å². The van der Waals surface area contributed by atoms with Crippen molar-refractivity contribution in [2.24, 2.45) is 0 Å². The number of carbonyl (C=O) groups excluding carboxylic acids is 1. The van der Waals surface area contributed by atoms with Crippen molar-refractivity contribution in [2.75, 3.05) is 21.6 Å². The van der Waals surface area contributed by atoms with E-state index in [-0.39, 0.29) is 16.4 Å². The zero-order valence-corrected chi connectivity index (χ0v) is 28.4. The van der Waals surface area contributed by atoms with Crippen molar-refractivity contribution >= 4 is 33.0 Å². The average molecular weight is 682 g/mol. The number of hydrogen-bond acceptors (Lipinski definition) is 6. The molecule has 1 atom stereocenters. The van der Waals surface area contributed by atoms with Gasteiger partial charge in [0.25, 0.3) is 15.9 Å². The maximum Gasteiger partial charge on any atom is 0.262 e. The van der Waals surface area contributed by atoms with Crippen molar-refractivity contribution < 1.29 is 22.7 Å². The average Bonchev–Trinajstić information content (AvgIpc) is 3.14. The first kappa shape index (κ1) is 32.5. The summed E-state index contributed by atoms with van der Waals surface area (Å²) in [4.78, 5) is 18.6. The van der Waals surface area contributed by atoms with Gasteiger partial charge in [0.05, 0.1) is 23.3 Å². The molecule has 0 unspecified atom stereocenters. The Morgan fingerprint density at radius 1 is 0.700 bits per heavy atom. The zero-order valence-electron chi connectivity index (χ0n) is 27.6. The summed E-state index contributed by atoms with van der Waals surface area (Å²) >= 11 is 0. The Morgan fingerprint density at radius 3 is 1.98 bits per heavy atom. The van der Waals surface area contributed by atoms with E-state index in [1.807, 2.05) is 116 Å². The number of benzene rings is 6. The minimum Gasteiger partial charge on any atom is -0.497 e. The predicted molar refractivity (Wildman–Crippen MR) is 197 cm³/mol. The smallest absolute Gasteiger partial charge is 0.262 e. The van der Waals surface area contributed by atoms with Gasteiger partial charge in [-0.2, -0.15) is 0 Å². The van der Waals surface area contributed by atoms with Crippen molar-refractivity contribution in [2.45, 2.75) is 24.5 Å². The van der Waals surface area contributed by atoms with Gasteiger partial charge in [0.15, 0.2) is 0 Å². The molecule has 8 nitrogen and oxygen atoms in total. The number of carbonyl (C=O) groups is 1. The fraction of sp³-hybridized carbons (Fsp3) is 0.0976. The highest BCUT2D eigenvalue weighted by Crippen LogP contribution is 2.43. The maximum atomic E-state index is 14.7. The third-order valence-electron chi connectivity index (χ3n) is 8.58. The lowest BCUT2D eigenvalue weighted by molar-refractivity contribution is 0.0968. The molecule has 9 heteroatoms. The summed E-state index contributed by atoms with van der Waals surface area (Å²) in [5.41, 5.74) is 4.91. The van der Waals surface area contributed by atoms with Crippen LogP contribution >= 0.6 is 0 Å². The number of anilines is 3. The van der Waals surface area contributed by atoms with Crippen LogP contribution in [0.2, 0.25) is 0 Å². The summed E-state index contributed by atoms with van der Waals surface area (Å²) in [6.45, 7) is 2.45. The number of methoxy groups -OCH3 is 1. The number of rotatable bonds is 10. The second-order valence-electron chi connectivity index (χ2n) is 12.0. The van der Waals surface area contributed by atoms with Crippen LogP contribution in [0.5, 0.6) is 17.2 Å². The van der Waals surface area contributed by atoms with Crippen LogP contribution in [-0.2, 0) is 16.6 Å². The van der Waals surface area contributed by atoms with E-state index < -0.39 is 16.2 Å². The number of nitrogens with one attached hydrogen (secondary N) is 1. The Hall–Kier alpha value is -6.06. The minimum absolute atomic E-state index is 0.0233. The molecule has 0 radical (unpaired) electrons. The summed E-state index contributed by atoms with van der Waals surface area (Å²) in [6.07, 6.45) is -0.566. The van der Waals surface area contributed by atoms with Gasteiger partial charge in [0.2, 0.25) is 0 Å². The van der Waals surface area contributed by atoms with Crippen molar-refractivity contribution in [1.82, 2.24) is 0 Å². The summed E-state index contributed by atoms with van der Waals surface area (Å²) in [6, 6.07) is 46.4. The molecule has 0 saturated heterocycles. The van der Waals surface area contributed by atoms with Crippen LogP contribution in [0.25, 0.3) is 0 Å². The molecule has 0 aliphatic carbocycles. The first-order chi connectivity index (χ1) is 24.3. The molecule has 1 heterocycles. The summed E-state index contributed by atoms with van der Waals surface area (Å²) in [7, 11) is -2.50. The minimum atomic E-state index is -4.04. The van der Waals surface area contributed by atoms with Gasteiger partial charge >= 0.3 is 0 Å². The predicted octanol–water partition coefficient (Wildman–Crippen LogP) is 8.96. The molecule has 1 amide bonds. The lowest BCUT2D eigenvalue weighted by atomic mass is 9.98. The van der Waals surface area contributed by atoms with Crippen LogP contribution in [0, 0.1) is 6.92 Å². The number of amides is 1. The van der Waals surface area contributed by atoms with E-state index in [1.165, 1.54) is 6.07 Å². The molecular formula is C41H35N3O5S. The van der Waals surface area contributed by atoms with E-state index in [2.05, 4.69) is 9.62 Å². The SMILES string of the molecule is COc1ccc(NS(=O)(=O)c2ccc3c(c2)C(=O)N(c2ccc(C)cc2)[C@H](c2ccc(Oc4ccccc4)cc2)N3Cc2ccccc2)cc1. The highest BCUT2D eigenvalue weighted by atomic mass is 32.2. The van der Waals surface area contributed by atoms with E-state index in [0.29, 0.717) is 35.1 Å². The van der Waals surface area contributed by atoms with Crippen LogP contribution in [0.4, 0.5) is 17.1 Å². The molecule has 6 aromatic rings. The summed E-state index contributed by atoms with van der Waals surface area (Å²) < 4.78 is 41.2. The van der Waals surface area contributed by atoms with Crippen molar-refractivity contribution in [3.05, 3.63) is 174 Å². The zero-order chi connectivity index (χ0) is 34.7. The Bertz CT molecular complexity index is 2210. The number of ether oxygens (including phenoxy) is 2. The molecule has 0 fully saturated rings. The number of sulfonamides is 1. The highest BCUT2D eigenvalue weighted by molar-refractivity contribution is 7.92. The number of fused-ring (bicyclic) bond motifs is 1. The van der Waals surface area contributed by atoms with Gasteiger partial charge in [0, 0.05) is 17.9 Å². The number of hydrogen-bond donors (Lipinski definition) is 1. The van der Waals surface area contributed by atoms with Gasteiger partial charge in [-0.05, 0) is 96.9 Å². The van der Waals surface area contributed by atoms with Gasteiger partial charge in [-0.3, -0.25) is 14.4 Å². The second-order valence-corrected chi connectivity index (χ2v) is 13.7. The molecule has 50 heavy (non-hydrogen) atoms. The molecule has 7 rings (SSSR count). The van der Waals surface area contributed by atoms with E-state index in [9.17, 15) is 13.2 Å². The molecule has 6 aromatic carbocycles. The van der Waals surface area contributed by atoms with E-state index in [0.717, 1.165) is 22.4 Å². The fourth-order valence-corrected chi connectivity index (χ4v) is 7.15. The van der Waals surface area contributed by atoms with E-state index in [4.69, 9.17) is 9.47 Å². The Kier molecular flexibility index (Phi) is 8.98. The molecule has 1 N–H and O–H groups in total. The van der Waals surface area contributed by atoms with Gasteiger partial charge < -0.3 is 14.4 Å². The third-order valence-corrected chi connectivity index (χ3v) is 9.96. The van der Waals surface area contributed by atoms with E-state index in [1.54, 1.807) is 48.4 Å². The molecule has 1 aliphatic heterocycles. The normalized spacial score (nSPS) is 14.2. The van der Waals surface area contributed by atoms with Crippen LogP contribution in [0.1, 0.15) is 33.2 Å². The third kappa shape index (κ3) is 6.76. The summed E-state index contributed by atoms with van der Waals surface area (Å²) in [5.74, 6) is 1.68. The topological polar surface area (TPSA) is 88.2 Å². The molecule has 0 bridgehead atoms.